The van der Waals surface area contributed by atoms with Crippen molar-refractivity contribution in [1.29, 1.82) is 0 Å². The molecule has 0 unspecified atom stereocenters. The average molecular weight is 115 g/mol. The fourth-order valence-corrected chi connectivity index (χ4v) is 0.381. The van der Waals surface area contributed by atoms with Gasteiger partial charge in [-0.25, -0.2) is 4.79 Å². The molecule has 0 aromatic carbocycles. The smallest absolute Gasteiger partial charge is 0.345 e. The molecule has 0 saturated heterocycles. The lowest BCUT2D eigenvalue weighted by Gasteiger charge is -1.84. The Hall–Kier alpha value is -1.10. The van der Waals surface area contributed by atoms with Gasteiger partial charge in [-0.3, -0.25) is 4.98 Å². The number of H-pyrrole nitrogens is 1. The lowest BCUT2D eigenvalue weighted by molar-refractivity contribution is 0.190. The Bertz CT molecular complexity index is 212. The van der Waals surface area contributed by atoms with Crippen molar-refractivity contribution in [2.24, 2.45) is 0 Å². The minimum atomic E-state index is -0.396. The number of hydrogen-bond donors (Lipinski definition) is 2. The minimum absolute atomic E-state index is 0.373. The van der Waals surface area contributed by atoms with Crippen LogP contribution in [0.2, 0.25) is 0 Å². The summed E-state index contributed by atoms with van der Waals surface area (Å²) in [6, 6.07) is 0. The molecule has 1 aromatic heterocycles. The van der Waals surface area contributed by atoms with Crippen LogP contribution >= 0.6 is 0 Å². The van der Waals surface area contributed by atoms with E-state index in [0.717, 1.165) is 4.68 Å². The van der Waals surface area contributed by atoms with Crippen molar-refractivity contribution in [2.45, 2.75) is 6.73 Å². The van der Waals surface area contributed by atoms with E-state index in [1.807, 2.05) is 0 Å². The van der Waals surface area contributed by atoms with E-state index >= 15 is 0 Å². The highest BCUT2D eigenvalue weighted by Crippen LogP contribution is 1.63. The van der Waals surface area contributed by atoms with Gasteiger partial charge in [0.2, 0.25) is 0 Å². The van der Waals surface area contributed by atoms with Crippen molar-refractivity contribution >= 4 is 0 Å². The summed E-state index contributed by atoms with van der Waals surface area (Å²) in [4.78, 5) is 12.6. The summed E-state index contributed by atoms with van der Waals surface area (Å²) >= 11 is 0. The fourth-order valence-electron chi connectivity index (χ4n) is 0.381. The van der Waals surface area contributed by atoms with Gasteiger partial charge in [0.25, 0.3) is 0 Å². The SMILES string of the molecule is O=c1[nH]cnn1CO. The summed E-state index contributed by atoms with van der Waals surface area (Å²) in [5.74, 6) is 0. The Morgan fingerprint density at radius 1 is 2.00 bits per heavy atom. The Morgan fingerprint density at radius 3 is 3.00 bits per heavy atom. The van der Waals surface area contributed by atoms with E-state index < -0.39 is 5.69 Å². The Labute approximate surface area is 44.6 Å². The standard InChI is InChI=1S/C3H5N3O2/c7-2-6-3(8)4-1-5-6/h1,7H,2H2,(H,4,5,8). The van der Waals surface area contributed by atoms with Crippen molar-refractivity contribution in [3.05, 3.63) is 16.8 Å². The second kappa shape index (κ2) is 1.79. The molecule has 0 aliphatic heterocycles. The maximum atomic E-state index is 10.3. The number of aliphatic hydroxyl groups excluding tert-OH is 1. The van der Waals surface area contributed by atoms with Crippen LogP contribution in [0.5, 0.6) is 0 Å². The molecule has 1 heterocycles. The van der Waals surface area contributed by atoms with Gasteiger partial charge >= 0.3 is 5.69 Å². The average Bonchev–Trinajstić information content (AvgIpc) is 2.14. The highest BCUT2D eigenvalue weighted by molar-refractivity contribution is 4.55. The van der Waals surface area contributed by atoms with E-state index in [9.17, 15) is 4.79 Å². The predicted molar refractivity (Wildman–Crippen MR) is 25.1 cm³/mol. The first kappa shape index (κ1) is 5.04. The van der Waals surface area contributed by atoms with E-state index in [4.69, 9.17) is 5.11 Å². The molecule has 0 amide bonds. The summed E-state index contributed by atoms with van der Waals surface area (Å²) in [5, 5.41) is 11.7. The molecule has 0 bridgehead atoms. The third-order valence-electron chi connectivity index (χ3n) is 0.754. The monoisotopic (exact) mass is 115 g/mol. The first-order valence-electron chi connectivity index (χ1n) is 2.06. The van der Waals surface area contributed by atoms with Crippen LogP contribution in [0, 0.1) is 0 Å². The van der Waals surface area contributed by atoms with Crippen LogP contribution in [0.25, 0.3) is 0 Å². The zero-order valence-corrected chi connectivity index (χ0v) is 4.03. The predicted octanol–water partition coefficient (Wildman–Crippen LogP) is -1.48. The molecular formula is C3H5N3O2. The van der Waals surface area contributed by atoms with E-state index in [-0.39, 0.29) is 6.73 Å². The molecular weight excluding hydrogens is 110 g/mol. The van der Waals surface area contributed by atoms with E-state index in [2.05, 4.69) is 10.1 Å². The lowest BCUT2D eigenvalue weighted by Crippen LogP contribution is -2.17. The Kier molecular flexibility index (Phi) is 1.13. The summed E-state index contributed by atoms with van der Waals surface area (Å²) < 4.78 is 0.903. The highest BCUT2D eigenvalue weighted by Gasteiger charge is 1.89. The molecule has 0 saturated carbocycles. The topological polar surface area (TPSA) is 70.9 Å². The van der Waals surface area contributed by atoms with Crippen LogP contribution in [-0.4, -0.2) is 19.9 Å². The molecule has 8 heavy (non-hydrogen) atoms. The highest BCUT2D eigenvalue weighted by atomic mass is 16.3. The van der Waals surface area contributed by atoms with Gasteiger partial charge in [0.1, 0.15) is 13.1 Å². The molecule has 0 fully saturated rings. The number of aromatic amines is 1. The van der Waals surface area contributed by atoms with E-state index in [1.54, 1.807) is 0 Å². The minimum Gasteiger partial charge on any atom is -0.374 e. The van der Waals surface area contributed by atoms with Crippen LogP contribution in [0.4, 0.5) is 0 Å². The van der Waals surface area contributed by atoms with Gasteiger partial charge in [-0.15, -0.1) is 0 Å². The summed E-state index contributed by atoms with van der Waals surface area (Å²) in [7, 11) is 0. The number of hydrogen-bond acceptors (Lipinski definition) is 3. The molecule has 1 rings (SSSR count). The van der Waals surface area contributed by atoms with Gasteiger partial charge in [-0.05, 0) is 0 Å². The molecule has 44 valence electrons. The quantitative estimate of drug-likeness (QED) is 0.469. The largest absolute Gasteiger partial charge is 0.374 e. The van der Waals surface area contributed by atoms with Crippen LogP contribution in [0.3, 0.4) is 0 Å². The molecule has 1 aromatic rings. The molecule has 2 N–H and O–H groups in total. The fraction of sp³-hybridized carbons (Fsp3) is 0.333. The molecule has 0 radical (unpaired) electrons. The van der Waals surface area contributed by atoms with Gasteiger partial charge in [-0.1, -0.05) is 0 Å². The van der Waals surface area contributed by atoms with E-state index in [0.29, 0.717) is 0 Å². The van der Waals surface area contributed by atoms with E-state index in [1.165, 1.54) is 6.33 Å². The number of aliphatic hydroxyl groups is 1. The van der Waals surface area contributed by atoms with Gasteiger partial charge < -0.3 is 5.11 Å². The normalized spacial score (nSPS) is 9.62. The van der Waals surface area contributed by atoms with Crippen molar-refractivity contribution < 1.29 is 5.11 Å². The Balaban J connectivity index is 3.11. The summed E-state index contributed by atoms with van der Waals surface area (Å²) in [5.41, 5.74) is -0.396. The molecule has 5 nitrogen and oxygen atoms in total. The summed E-state index contributed by atoms with van der Waals surface area (Å²) in [6.07, 6.45) is 1.22. The van der Waals surface area contributed by atoms with Gasteiger partial charge in [-0.2, -0.15) is 9.78 Å². The molecule has 0 spiro atoms. The zero-order chi connectivity index (χ0) is 5.98. The maximum absolute atomic E-state index is 10.3. The van der Waals surface area contributed by atoms with Crippen LogP contribution in [0.1, 0.15) is 0 Å². The molecule has 0 aliphatic carbocycles. The lowest BCUT2D eigenvalue weighted by atomic mass is 11.1. The zero-order valence-electron chi connectivity index (χ0n) is 4.03. The Morgan fingerprint density at radius 2 is 2.75 bits per heavy atom. The molecule has 0 atom stereocenters. The van der Waals surface area contributed by atoms with Gasteiger partial charge in [0, 0.05) is 0 Å². The van der Waals surface area contributed by atoms with Crippen molar-refractivity contribution in [2.75, 3.05) is 0 Å². The number of nitrogens with zero attached hydrogens (tertiary/aromatic N) is 2. The first-order valence-corrected chi connectivity index (χ1v) is 2.06. The summed E-state index contributed by atoms with van der Waals surface area (Å²) in [6.45, 7) is -0.373. The van der Waals surface area contributed by atoms with Crippen LogP contribution in [-0.2, 0) is 6.73 Å². The van der Waals surface area contributed by atoms with Gasteiger partial charge in [0.15, 0.2) is 0 Å². The first-order chi connectivity index (χ1) is 3.84. The van der Waals surface area contributed by atoms with Crippen molar-refractivity contribution in [3.63, 3.8) is 0 Å². The molecule has 5 heteroatoms. The third-order valence-corrected chi connectivity index (χ3v) is 0.754. The van der Waals surface area contributed by atoms with Crippen molar-refractivity contribution in [3.8, 4) is 0 Å². The number of rotatable bonds is 1. The maximum Gasteiger partial charge on any atom is 0.345 e. The van der Waals surface area contributed by atoms with Crippen molar-refractivity contribution in [1.82, 2.24) is 14.8 Å². The number of aromatic nitrogens is 3. The molecule has 0 aliphatic rings. The van der Waals surface area contributed by atoms with Crippen LogP contribution in [0.15, 0.2) is 11.1 Å². The van der Waals surface area contributed by atoms with Crippen LogP contribution < -0.4 is 5.69 Å². The third kappa shape index (κ3) is 0.627. The second-order valence-electron chi connectivity index (χ2n) is 1.24. The second-order valence-corrected chi connectivity index (χ2v) is 1.24. The number of nitrogens with one attached hydrogen (secondary N) is 1. The van der Waals surface area contributed by atoms with Gasteiger partial charge in [0.05, 0.1) is 0 Å².